The van der Waals surface area contributed by atoms with Crippen LogP contribution in [0, 0.1) is 0 Å². The second kappa shape index (κ2) is 3.05. The molecule has 1 aliphatic heterocycles. The molecule has 0 saturated carbocycles. The predicted molar refractivity (Wildman–Crippen MR) is 43.0 cm³/mol. The third-order valence-electron chi connectivity index (χ3n) is 2.12. The number of imidazole rings is 1. The van der Waals surface area contributed by atoms with E-state index in [1.807, 2.05) is 18.7 Å². The molecule has 1 saturated heterocycles. The van der Waals surface area contributed by atoms with Crippen molar-refractivity contribution < 1.29 is 0 Å². The topological polar surface area (TPSA) is 21.1 Å². The molecular weight excluding hydrogens is 138 g/mol. The number of likely N-dealkylation sites (tertiary alicyclic amines) is 1. The lowest BCUT2D eigenvalue weighted by Crippen LogP contribution is -2.21. The van der Waals surface area contributed by atoms with Crippen molar-refractivity contribution in [1.29, 1.82) is 0 Å². The van der Waals surface area contributed by atoms with Gasteiger partial charge in [-0.3, -0.25) is 4.90 Å². The van der Waals surface area contributed by atoms with Crippen LogP contribution in [0.2, 0.25) is 0 Å². The molecule has 11 heavy (non-hydrogen) atoms. The highest BCUT2D eigenvalue weighted by atomic mass is 15.3. The van der Waals surface area contributed by atoms with Crippen molar-refractivity contribution in [2.45, 2.75) is 19.5 Å². The predicted octanol–water partition coefficient (Wildman–Crippen LogP) is 0.936. The minimum atomic E-state index is 1.01. The van der Waals surface area contributed by atoms with Crippen molar-refractivity contribution >= 4 is 0 Å². The van der Waals surface area contributed by atoms with Crippen molar-refractivity contribution in [3.05, 3.63) is 18.7 Å². The molecule has 0 unspecified atom stereocenters. The Kier molecular flexibility index (Phi) is 1.90. The van der Waals surface area contributed by atoms with E-state index in [1.165, 1.54) is 25.9 Å². The summed E-state index contributed by atoms with van der Waals surface area (Å²) in [6.07, 6.45) is 8.43. The lowest BCUT2D eigenvalue weighted by atomic mass is 10.4. The molecule has 0 radical (unpaired) electrons. The van der Waals surface area contributed by atoms with E-state index in [4.69, 9.17) is 0 Å². The van der Waals surface area contributed by atoms with Gasteiger partial charge < -0.3 is 4.57 Å². The third kappa shape index (κ3) is 1.60. The number of nitrogens with zero attached hydrogens (tertiary/aromatic N) is 3. The van der Waals surface area contributed by atoms with Crippen LogP contribution < -0.4 is 0 Å². The van der Waals surface area contributed by atoms with Gasteiger partial charge in [-0.25, -0.2) is 4.98 Å². The largest absolute Gasteiger partial charge is 0.324 e. The molecule has 0 amide bonds. The van der Waals surface area contributed by atoms with E-state index >= 15 is 0 Å². The van der Waals surface area contributed by atoms with Crippen LogP contribution >= 0.6 is 0 Å². The van der Waals surface area contributed by atoms with Crippen LogP contribution in [0.5, 0.6) is 0 Å². The van der Waals surface area contributed by atoms with E-state index in [9.17, 15) is 0 Å². The molecule has 60 valence electrons. The van der Waals surface area contributed by atoms with Gasteiger partial charge in [-0.2, -0.15) is 0 Å². The van der Waals surface area contributed by atoms with Gasteiger partial charge in [0.15, 0.2) is 0 Å². The Morgan fingerprint density at radius 1 is 1.27 bits per heavy atom. The van der Waals surface area contributed by atoms with Gasteiger partial charge >= 0.3 is 0 Å². The second-order valence-corrected chi connectivity index (χ2v) is 3.04. The first-order valence-corrected chi connectivity index (χ1v) is 4.13. The maximum atomic E-state index is 4.00. The minimum absolute atomic E-state index is 1.01. The zero-order valence-corrected chi connectivity index (χ0v) is 6.61. The molecule has 0 aromatic carbocycles. The molecule has 0 aliphatic carbocycles. The Hall–Kier alpha value is -0.830. The van der Waals surface area contributed by atoms with Crippen molar-refractivity contribution in [3.8, 4) is 0 Å². The molecule has 3 heteroatoms. The Balaban J connectivity index is 1.90. The fraction of sp³-hybridized carbons (Fsp3) is 0.625. The first kappa shape index (κ1) is 6.85. The van der Waals surface area contributed by atoms with Gasteiger partial charge in [0, 0.05) is 12.4 Å². The van der Waals surface area contributed by atoms with Crippen molar-refractivity contribution in [3.63, 3.8) is 0 Å². The van der Waals surface area contributed by atoms with Gasteiger partial charge in [-0.15, -0.1) is 0 Å². The van der Waals surface area contributed by atoms with Gasteiger partial charge in [-0.1, -0.05) is 0 Å². The maximum Gasteiger partial charge on any atom is 0.0956 e. The van der Waals surface area contributed by atoms with Crippen LogP contribution in [-0.2, 0) is 6.67 Å². The summed E-state index contributed by atoms with van der Waals surface area (Å²) >= 11 is 0. The highest BCUT2D eigenvalue weighted by Crippen LogP contribution is 2.07. The van der Waals surface area contributed by atoms with Gasteiger partial charge in [-0.05, 0) is 25.9 Å². The van der Waals surface area contributed by atoms with Crippen molar-refractivity contribution in [2.24, 2.45) is 0 Å². The Morgan fingerprint density at radius 3 is 2.73 bits per heavy atom. The first-order chi connectivity index (χ1) is 5.45. The van der Waals surface area contributed by atoms with Crippen LogP contribution in [0.1, 0.15) is 12.8 Å². The lowest BCUT2D eigenvalue weighted by molar-refractivity contribution is 0.270. The molecule has 3 nitrogen and oxygen atoms in total. The molecule has 0 N–H and O–H groups in total. The summed E-state index contributed by atoms with van der Waals surface area (Å²) in [5, 5.41) is 0. The van der Waals surface area contributed by atoms with Gasteiger partial charge in [0.25, 0.3) is 0 Å². The van der Waals surface area contributed by atoms with E-state index in [1.54, 1.807) is 0 Å². The highest BCUT2D eigenvalue weighted by molar-refractivity contribution is 4.75. The van der Waals surface area contributed by atoms with E-state index in [-0.39, 0.29) is 0 Å². The molecular formula is C8H13N3. The third-order valence-corrected chi connectivity index (χ3v) is 2.12. The smallest absolute Gasteiger partial charge is 0.0956 e. The molecule has 2 heterocycles. The summed E-state index contributed by atoms with van der Waals surface area (Å²) in [5.74, 6) is 0. The average molecular weight is 151 g/mol. The van der Waals surface area contributed by atoms with Crippen LogP contribution in [-0.4, -0.2) is 27.5 Å². The average Bonchev–Trinajstić information content (AvgIpc) is 2.60. The molecule has 1 aromatic heterocycles. The minimum Gasteiger partial charge on any atom is -0.324 e. The quantitative estimate of drug-likeness (QED) is 0.627. The SMILES string of the molecule is c1cn(CN2CCCC2)cn1. The monoisotopic (exact) mass is 151 g/mol. The van der Waals surface area contributed by atoms with Gasteiger partial charge in [0.2, 0.25) is 0 Å². The maximum absolute atomic E-state index is 4.00. The van der Waals surface area contributed by atoms with Crippen molar-refractivity contribution in [2.75, 3.05) is 13.1 Å². The standard InChI is InChI=1S/C8H13N3/c1-2-5-10(4-1)8-11-6-3-9-7-11/h3,6-7H,1-2,4-5,8H2. The van der Waals surface area contributed by atoms with Crippen LogP contribution in [0.25, 0.3) is 0 Å². The summed E-state index contributed by atoms with van der Waals surface area (Å²) < 4.78 is 2.12. The summed E-state index contributed by atoms with van der Waals surface area (Å²) in [7, 11) is 0. The number of hydrogen-bond acceptors (Lipinski definition) is 2. The Labute approximate surface area is 66.6 Å². The fourth-order valence-corrected chi connectivity index (χ4v) is 1.53. The van der Waals surface area contributed by atoms with Crippen LogP contribution in [0.3, 0.4) is 0 Å². The van der Waals surface area contributed by atoms with E-state index in [2.05, 4.69) is 14.5 Å². The van der Waals surface area contributed by atoms with Crippen molar-refractivity contribution in [1.82, 2.24) is 14.5 Å². The summed E-state index contributed by atoms with van der Waals surface area (Å²) in [6, 6.07) is 0. The number of rotatable bonds is 2. The second-order valence-electron chi connectivity index (χ2n) is 3.04. The fourth-order valence-electron chi connectivity index (χ4n) is 1.53. The lowest BCUT2D eigenvalue weighted by Gasteiger charge is -2.14. The molecule has 1 aromatic rings. The Bertz CT molecular complexity index is 199. The molecule has 0 spiro atoms. The molecule has 2 rings (SSSR count). The molecule has 1 fully saturated rings. The molecule has 0 atom stereocenters. The number of aromatic nitrogens is 2. The number of hydrogen-bond donors (Lipinski definition) is 0. The van der Waals surface area contributed by atoms with E-state index in [0.29, 0.717) is 0 Å². The molecule has 0 bridgehead atoms. The molecule has 1 aliphatic rings. The van der Waals surface area contributed by atoms with Crippen LogP contribution in [0.15, 0.2) is 18.7 Å². The highest BCUT2D eigenvalue weighted by Gasteiger charge is 2.10. The van der Waals surface area contributed by atoms with Gasteiger partial charge in [0.1, 0.15) is 0 Å². The van der Waals surface area contributed by atoms with E-state index < -0.39 is 0 Å². The van der Waals surface area contributed by atoms with Gasteiger partial charge in [0.05, 0.1) is 13.0 Å². The summed E-state index contributed by atoms with van der Waals surface area (Å²) in [4.78, 5) is 6.45. The zero-order valence-electron chi connectivity index (χ0n) is 6.61. The Morgan fingerprint density at radius 2 is 2.09 bits per heavy atom. The summed E-state index contributed by atoms with van der Waals surface area (Å²) in [6.45, 7) is 3.51. The van der Waals surface area contributed by atoms with E-state index in [0.717, 1.165) is 6.67 Å². The summed E-state index contributed by atoms with van der Waals surface area (Å²) in [5.41, 5.74) is 0. The normalized spacial score (nSPS) is 19.3. The zero-order chi connectivity index (χ0) is 7.52. The first-order valence-electron chi connectivity index (χ1n) is 4.13. The van der Waals surface area contributed by atoms with Crippen LogP contribution in [0.4, 0.5) is 0 Å².